The van der Waals surface area contributed by atoms with Crippen molar-refractivity contribution in [3.8, 4) is 0 Å². The number of hydrogen-bond acceptors (Lipinski definition) is 4. The molecule has 0 unspecified atom stereocenters. The van der Waals surface area contributed by atoms with Gasteiger partial charge in [-0.1, -0.05) is 30.3 Å². The molecule has 1 heterocycles. The van der Waals surface area contributed by atoms with Crippen molar-refractivity contribution in [1.82, 2.24) is 9.03 Å². The van der Waals surface area contributed by atoms with E-state index in [2.05, 4.69) is 4.72 Å². The first-order valence-electron chi connectivity index (χ1n) is 6.58. The van der Waals surface area contributed by atoms with Gasteiger partial charge in [-0.25, -0.2) is 18.3 Å². The van der Waals surface area contributed by atoms with E-state index in [0.717, 1.165) is 4.31 Å². The third kappa shape index (κ3) is 5.04. The Morgan fingerprint density at radius 1 is 1.10 bits per heavy atom. The third-order valence-electron chi connectivity index (χ3n) is 3.36. The van der Waals surface area contributed by atoms with Crippen molar-refractivity contribution < 1.29 is 16.8 Å². The Hall–Kier alpha value is -1.00. The highest BCUT2D eigenvalue weighted by Gasteiger charge is 2.27. The molecule has 1 aliphatic rings. The van der Waals surface area contributed by atoms with Crippen LogP contribution in [0.25, 0.3) is 0 Å². The summed E-state index contributed by atoms with van der Waals surface area (Å²) >= 11 is 0. The van der Waals surface area contributed by atoms with Crippen LogP contribution in [0.5, 0.6) is 0 Å². The maximum atomic E-state index is 12.1. The molecule has 0 aromatic heterocycles. The summed E-state index contributed by atoms with van der Waals surface area (Å²) < 4.78 is 50.3. The second kappa shape index (κ2) is 6.41. The van der Waals surface area contributed by atoms with Crippen LogP contribution in [0, 0.1) is 0 Å². The topological polar surface area (TPSA) is 110 Å². The van der Waals surface area contributed by atoms with Crippen molar-refractivity contribution in [3.05, 3.63) is 35.9 Å². The molecule has 0 saturated carbocycles. The van der Waals surface area contributed by atoms with Gasteiger partial charge in [-0.05, 0) is 18.4 Å². The lowest BCUT2D eigenvalue weighted by Crippen LogP contribution is -2.48. The predicted octanol–water partition coefficient (Wildman–Crippen LogP) is -0.226. The third-order valence-corrected chi connectivity index (χ3v) is 5.85. The van der Waals surface area contributed by atoms with Crippen LogP contribution in [-0.4, -0.2) is 40.3 Å². The van der Waals surface area contributed by atoms with E-state index >= 15 is 0 Å². The predicted molar refractivity (Wildman–Crippen MR) is 79.9 cm³/mol. The van der Waals surface area contributed by atoms with Crippen molar-refractivity contribution >= 4 is 20.2 Å². The van der Waals surface area contributed by atoms with E-state index in [4.69, 9.17) is 5.14 Å². The summed E-state index contributed by atoms with van der Waals surface area (Å²) in [6, 6.07) is 8.65. The quantitative estimate of drug-likeness (QED) is 0.776. The molecule has 0 spiro atoms. The number of rotatable bonds is 5. The zero-order valence-corrected chi connectivity index (χ0v) is 13.1. The van der Waals surface area contributed by atoms with Gasteiger partial charge >= 0.3 is 0 Å². The van der Waals surface area contributed by atoms with Crippen molar-refractivity contribution in [2.24, 2.45) is 5.14 Å². The SMILES string of the molecule is NS(=O)(=O)N1CCC(NS(=O)(=O)Cc2ccccc2)CC1. The zero-order chi connectivity index (χ0) is 15.5. The monoisotopic (exact) mass is 333 g/mol. The van der Waals surface area contributed by atoms with Gasteiger partial charge in [0.1, 0.15) is 0 Å². The van der Waals surface area contributed by atoms with E-state index in [0.29, 0.717) is 18.4 Å². The van der Waals surface area contributed by atoms with Crippen LogP contribution in [0.3, 0.4) is 0 Å². The zero-order valence-electron chi connectivity index (χ0n) is 11.5. The number of hydrogen-bond donors (Lipinski definition) is 2. The summed E-state index contributed by atoms with van der Waals surface area (Å²) in [4.78, 5) is 0. The van der Waals surface area contributed by atoms with Crippen LogP contribution in [0.4, 0.5) is 0 Å². The molecule has 3 N–H and O–H groups in total. The normalized spacial score (nSPS) is 18.7. The summed E-state index contributed by atoms with van der Waals surface area (Å²) in [6.07, 6.45) is 0.842. The molecule has 0 radical (unpaired) electrons. The first-order chi connectivity index (χ1) is 9.76. The minimum absolute atomic E-state index is 0.0801. The molecule has 1 saturated heterocycles. The van der Waals surface area contributed by atoms with Crippen LogP contribution in [0.1, 0.15) is 18.4 Å². The molecule has 1 aromatic carbocycles. The Balaban J connectivity index is 1.91. The Labute approximate surface area is 125 Å². The highest BCUT2D eigenvalue weighted by molar-refractivity contribution is 7.88. The standard InChI is InChI=1S/C12H19N3O4S2/c13-21(18,19)15-8-6-12(7-9-15)14-20(16,17)10-11-4-2-1-3-5-11/h1-5,12,14H,6-10H2,(H2,13,18,19). The average molecular weight is 333 g/mol. The summed E-state index contributed by atoms with van der Waals surface area (Å²) in [5.74, 6) is -0.0801. The van der Waals surface area contributed by atoms with Gasteiger partial charge < -0.3 is 0 Å². The minimum atomic E-state index is -3.69. The van der Waals surface area contributed by atoms with Crippen molar-refractivity contribution in [3.63, 3.8) is 0 Å². The van der Waals surface area contributed by atoms with Crippen LogP contribution >= 0.6 is 0 Å². The Morgan fingerprint density at radius 3 is 2.19 bits per heavy atom. The van der Waals surface area contributed by atoms with Crippen LogP contribution in [0.15, 0.2) is 30.3 Å². The highest BCUT2D eigenvalue weighted by atomic mass is 32.2. The molecule has 1 aliphatic heterocycles. The minimum Gasteiger partial charge on any atom is -0.216 e. The molecule has 9 heteroatoms. The summed E-state index contributed by atoms with van der Waals surface area (Å²) in [6.45, 7) is 0.467. The maximum absolute atomic E-state index is 12.1. The molecular formula is C12H19N3O4S2. The first-order valence-corrected chi connectivity index (χ1v) is 9.74. The lowest BCUT2D eigenvalue weighted by molar-refractivity contribution is 0.309. The summed E-state index contributed by atoms with van der Waals surface area (Å²) in [5, 5.41) is 5.04. The molecule has 0 atom stereocenters. The second-order valence-electron chi connectivity index (χ2n) is 5.08. The number of sulfonamides is 1. The van der Waals surface area contributed by atoms with Crippen molar-refractivity contribution in [2.75, 3.05) is 13.1 Å². The lowest BCUT2D eigenvalue weighted by atomic mass is 10.1. The van der Waals surface area contributed by atoms with E-state index in [9.17, 15) is 16.8 Å². The lowest BCUT2D eigenvalue weighted by Gasteiger charge is -2.30. The highest BCUT2D eigenvalue weighted by Crippen LogP contribution is 2.14. The Bertz CT molecular complexity index is 666. The fourth-order valence-corrected chi connectivity index (χ4v) is 4.50. The Morgan fingerprint density at radius 2 is 1.67 bits per heavy atom. The molecule has 0 aliphatic carbocycles. The smallest absolute Gasteiger partial charge is 0.216 e. The van der Waals surface area contributed by atoms with E-state index in [-0.39, 0.29) is 24.9 Å². The van der Waals surface area contributed by atoms with Gasteiger partial charge in [-0.3, -0.25) is 0 Å². The van der Waals surface area contributed by atoms with Gasteiger partial charge in [0.25, 0.3) is 10.2 Å². The number of nitrogens with one attached hydrogen (secondary N) is 1. The van der Waals surface area contributed by atoms with E-state index in [1.54, 1.807) is 24.3 Å². The van der Waals surface area contributed by atoms with Crippen LogP contribution in [-0.2, 0) is 26.0 Å². The van der Waals surface area contributed by atoms with Crippen molar-refractivity contribution in [2.45, 2.75) is 24.6 Å². The number of benzene rings is 1. The average Bonchev–Trinajstić information content (AvgIpc) is 2.38. The number of nitrogens with zero attached hydrogens (tertiary/aromatic N) is 1. The van der Waals surface area contributed by atoms with Gasteiger partial charge in [0.15, 0.2) is 0 Å². The molecule has 2 rings (SSSR count). The molecule has 118 valence electrons. The van der Waals surface area contributed by atoms with E-state index < -0.39 is 20.2 Å². The van der Waals surface area contributed by atoms with Crippen LogP contribution in [0.2, 0.25) is 0 Å². The largest absolute Gasteiger partial charge is 0.276 e. The van der Waals surface area contributed by atoms with E-state index in [1.807, 2.05) is 6.07 Å². The van der Waals surface area contributed by atoms with Crippen LogP contribution < -0.4 is 9.86 Å². The molecule has 0 amide bonds. The summed E-state index contributed by atoms with van der Waals surface area (Å²) in [7, 11) is -7.12. The molecule has 0 bridgehead atoms. The maximum Gasteiger partial charge on any atom is 0.276 e. The number of nitrogens with two attached hydrogens (primary N) is 1. The molecule has 1 fully saturated rings. The second-order valence-corrected chi connectivity index (χ2v) is 8.38. The van der Waals surface area contributed by atoms with Gasteiger partial charge in [-0.2, -0.15) is 12.7 Å². The fourth-order valence-electron chi connectivity index (χ4n) is 2.32. The van der Waals surface area contributed by atoms with Gasteiger partial charge in [0.2, 0.25) is 10.0 Å². The molecular weight excluding hydrogens is 314 g/mol. The molecule has 1 aromatic rings. The summed E-state index contributed by atoms with van der Waals surface area (Å²) in [5.41, 5.74) is 0.715. The van der Waals surface area contributed by atoms with Gasteiger partial charge in [-0.15, -0.1) is 0 Å². The van der Waals surface area contributed by atoms with Crippen molar-refractivity contribution in [1.29, 1.82) is 0 Å². The molecule has 21 heavy (non-hydrogen) atoms. The first kappa shape index (κ1) is 16.4. The van der Waals surface area contributed by atoms with Gasteiger partial charge in [0.05, 0.1) is 5.75 Å². The Kier molecular flexibility index (Phi) is 4.99. The number of piperidine rings is 1. The molecule has 7 nitrogen and oxygen atoms in total. The fraction of sp³-hybridized carbons (Fsp3) is 0.500. The van der Waals surface area contributed by atoms with E-state index in [1.165, 1.54) is 0 Å². The van der Waals surface area contributed by atoms with Gasteiger partial charge in [0, 0.05) is 19.1 Å².